The lowest BCUT2D eigenvalue weighted by Gasteiger charge is -2.48. The van der Waals surface area contributed by atoms with E-state index < -0.39 is 11.4 Å². The van der Waals surface area contributed by atoms with Crippen LogP contribution in [0.5, 0.6) is 0 Å². The molecule has 1 aromatic heterocycles. The molecule has 2 aliphatic rings. The number of aromatic nitrogens is 1. The fraction of sp³-hybridized carbons (Fsp3) is 0.435. The largest absolute Gasteiger partial charge is 0.381 e. The van der Waals surface area contributed by atoms with Gasteiger partial charge in [-0.1, -0.05) is 12.1 Å². The minimum Gasteiger partial charge on any atom is -0.381 e. The van der Waals surface area contributed by atoms with Crippen LogP contribution in [0.4, 0.5) is 4.39 Å². The summed E-state index contributed by atoms with van der Waals surface area (Å²) in [4.78, 5) is 22.3. The Morgan fingerprint density at radius 2 is 1.93 bits per heavy atom. The Hall–Kier alpha value is -2.66. The van der Waals surface area contributed by atoms with Crippen molar-refractivity contribution in [1.82, 2.24) is 14.8 Å². The van der Waals surface area contributed by atoms with Crippen LogP contribution in [0.25, 0.3) is 0 Å². The third-order valence-electron chi connectivity index (χ3n) is 6.18. The Kier molecular flexibility index (Phi) is 6.18. The molecular formula is C23H25FN4O2. The van der Waals surface area contributed by atoms with E-state index in [4.69, 9.17) is 10.00 Å². The van der Waals surface area contributed by atoms with Crippen molar-refractivity contribution in [3.05, 3.63) is 65.2 Å². The summed E-state index contributed by atoms with van der Waals surface area (Å²) in [5.74, 6) is -0.398. The van der Waals surface area contributed by atoms with Gasteiger partial charge in [0.2, 0.25) is 5.78 Å². The van der Waals surface area contributed by atoms with E-state index >= 15 is 0 Å². The number of halogens is 1. The number of nitrogens with zero attached hydrogens (tertiary/aromatic N) is 4. The smallest absolute Gasteiger partial charge is 0.201 e. The number of ketones is 1. The van der Waals surface area contributed by atoms with Crippen LogP contribution in [0.3, 0.4) is 0 Å². The first-order chi connectivity index (χ1) is 14.6. The highest BCUT2D eigenvalue weighted by molar-refractivity contribution is 6.01. The first-order valence-electron chi connectivity index (χ1n) is 10.3. The molecular weight excluding hydrogens is 383 g/mol. The molecule has 4 rings (SSSR count). The minimum atomic E-state index is -0.570. The van der Waals surface area contributed by atoms with Crippen molar-refractivity contribution in [2.24, 2.45) is 0 Å². The monoisotopic (exact) mass is 408 g/mol. The molecule has 0 bridgehead atoms. The second-order valence-corrected chi connectivity index (χ2v) is 7.88. The van der Waals surface area contributed by atoms with Crippen LogP contribution < -0.4 is 0 Å². The summed E-state index contributed by atoms with van der Waals surface area (Å²) in [5.41, 5.74) is 0.859. The average Bonchev–Trinajstić information content (AvgIpc) is 2.80. The maximum atomic E-state index is 13.9. The summed E-state index contributed by atoms with van der Waals surface area (Å²) in [7, 11) is 0. The number of carbonyl (C=O) groups excluding carboxylic acids is 1. The highest BCUT2D eigenvalue weighted by Crippen LogP contribution is 2.32. The summed E-state index contributed by atoms with van der Waals surface area (Å²) in [5, 5.41) is 8.89. The Morgan fingerprint density at radius 1 is 1.17 bits per heavy atom. The lowest BCUT2D eigenvalue weighted by Crippen LogP contribution is -2.62. The molecule has 0 radical (unpaired) electrons. The van der Waals surface area contributed by atoms with Crippen LogP contribution in [0, 0.1) is 17.1 Å². The van der Waals surface area contributed by atoms with Crippen molar-refractivity contribution in [3.63, 3.8) is 0 Å². The number of rotatable bonds is 5. The minimum absolute atomic E-state index is 0.0677. The average molecular weight is 408 g/mol. The molecule has 6 nitrogen and oxygen atoms in total. The highest BCUT2D eigenvalue weighted by atomic mass is 19.1. The van der Waals surface area contributed by atoms with E-state index in [0.29, 0.717) is 38.3 Å². The molecule has 156 valence electrons. The van der Waals surface area contributed by atoms with Gasteiger partial charge in [-0.25, -0.2) is 4.39 Å². The summed E-state index contributed by atoms with van der Waals surface area (Å²) < 4.78 is 19.5. The van der Waals surface area contributed by atoms with Gasteiger partial charge >= 0.3 is 0 Å². The lowest BCUT2D eigenvalue weighted by atomic mass is 9.81. The Balaban J connectivity index is 1.45. The Bertz CT molecular complexity index is 930. The van der Waals surface area contributed by atoms with Gasteiger partial charge in [-0.2, -0.15) is 5.26 Å². The zero-order valence-electron chi connectivity index (χ0n) is 16.9. The molecule has 1 aromatic carbocycles. The molecule has 0 N–H and O–H groups in total. The molecule has 2 aliphatic heterocycles. The number of nitriles is 1. The maximum absolute atomic E-state index is 13.9. The molecule has 30 heavy (non-hydrogen) atoms. The molecule has 3 heterocycles. The van der Waals surface area contributed by atoms with Crippen molar-refractivity contribution in [1.29, 1.82) is 5.26 Å². The molecule has 2 aromatic rings. The van der Waals surface area contributed by atoms with E-state index in [1.807, 2.05) is 18.2 Å². The van der Waals surface area contributed by atoms with E-state index in [2.05, 4.69) is 14.8 Å². The zero-order chi connectivity index (χ0) is 21.0. The predicted octanol–water partition coefficient (Wildman–Crippen LogP) is 2.64. The van der Waals surface area contributed by atoms with Gasteiger partial charge < -0.3 is 4.74 Å². The zero-order valence-corrected chi connectivity index (χ0v) is 16.9. The van der Waals surface area contributed by atoms with Gasteiger partial charge in [0.25, 0.3) is 0 Å². The van der Waals surface area contributed by atoms with Crippen LogP contribution in [-0.4, -0.2) is 65.5 Å². The van der Waals surface area contributed by atoms with Crippen LogP contribution in [0.2, 0.25) is 0 Å². The van der Waals surface area contributed by atoms with E-state index in [0.717, 1.165) is 31.7 Å². The van der Waals surface area contributed by atoms with Crippen molar-refractivity contribution in [2.75, 3.05) is 39.4 Å². The summed E-state index contributed by atoms with van der Waals surface area (Å²) >= 11 is 0. The number of Topliss-reactive ketones (excluding diaryl/α,β-unsaturated/α-hetero) is 1. The Morgan fingerprint density at radius 3 is 2.57 bits per heavy atom. The summed E-state index contributed by atoms with van der Waals surface area (Å²) in [6, 6.07) is 12.1. The normalized spacial score (nSPS) is 19.9. The van der Waals surface area contributed by atoms with Crippen LogP contribution in [-0.2, 0) is 11.3 Å². The fourth-order valence-corrected chi connectivity index (χ4v) is 4.47. The number of hydrogen-bond acceptors (Lipinski definition) is 6. The molecule has 0 saturated carbocycles. The number of ether oxygens (including phenoxy) is 1. The first-order valence-corrected chi connectivity index (χ1v) is 10.3. The Labute approximate surface area is 175 Å². The van der Waals surface area contributed by atoms with E-state index in [1.165, 1.54) is 12.1 Å². The predicted molar refractivity (Wildman–Crippen MR) is 109 cm³/mol. The quantitative estimate of drug-likeness (QED) is 0.709. The summed E-state index contributed by atoms with van der Waals surface area (Å²) in [6.07, 6.45) is 3.00. The third kappa shape index (κ3) is 4.12. The van der Waals surface area contributed by atoms with E-state index in [1.54, 1.807) is 18.3 Å². The van der Waals surface area contributed by atoms with Crippen LogP contribution in [0.1, 0.15) is 34.5 Å². The lowest BCUT2D eigenvalue weighted by molar-refractivity contribution is -0.0340. The maximum Gasteiger partial charge on any atom is 0.201 e. The fourth-order valence-electron chi connectivity index (χ4n) is 4.47. The van der Waals surface area contributed by atoms with Crippen molar-refractivity contribution in [3.8, 4) is 6.07 Å². The number of piperazine rings is 1. The molecule has 2 fully saturated rings. The van der Waals surface area contributed by atoms with Gasteiger partial charge in [-0.05, 0) is 42.7 Å². The molecule has 0 unspecified atom stereocenters. The van der Waals surface area contributed by atoms with Gasteiger partial charge in [-0.3, -0.25) is 19.6 Å². The number of carbonyl (C=O) groups is 1. The van der Waals surface area contributed by atoms with Gasteiger partial charge in [0.05, 0.1) is 11.1 Å². The summed E-state index contributed by atoms with van der Waals surface area (Å²) in [6.45, 7) is 4.88. The van der Waals surface area contributed by atoms with E-state index in [9.17, 15) is 9.18 Å². The van der Waals surface area contributed by atoms with Crippen molar-refractivity contribution < 1.29 is 13.9 Å². The molecule has 2 saturated heterocycles. The molecule has 0 aliphatic carbocycles. The molecule has 7 heteroatoms. The number of hydrogen-bond donors (Lipinski definition) is 0. The molecule has 0 amide bonds. The molecule has 0 spiro atoms. The SMILES string of the molecule is N#Cc1ccc(CN2CCN(C3(C(=O)c4ccccn4)CCOCC3)CC2)cc1F. The molecule has 0 atom stereocenters. The third-order valence-corrected chi connectivity index (χ3v) is 6.18. The van der Waals surface area contributed by atoms with Crippen LogP contribution in [0.15, 0.2) is 42.6 Å². The van der Waals surface area contributed by atoms with Gasteiger partial charge in [-0.15, -0.1) is 0 Å². The van der Waals surface area contributed by atoms with Gasteiger partial charge in [0.15, 0.2) is 0 Å². The highest BCUT2D eigenvalue weighted by Gasteiger charge is 2.46. The van der Waals surface area contributed by atoms with Crippen molar-refractivity contribution in [2.45, 2.75) is 24.9 Å². The second kappa shape index (κ2) is 9.00. The van der Waals surface area contributed by atoms with Gasteiger partial charge in [0.1, 0.15) is 17.6 Å². The first kappa shape index (κ1) is 20.6. The topological polar surface area (TPSA) is 69.5 Å². The second-order valence-electron chi connectivity index (χ2n) is 7.88. The van der Waals surface area contributed by atoms with Crippen molar-refractivity contribution >= 4 is 5.78 Å². The number of benzene rings is 1. The standard InChI is InChI=1S/C23H25FN4O2/c24-20-15-18(4-5-19(20)16-25)17-27-9-11-28(12-10-27)23(6-13-30-14-7-23)22(29)21-3-1-2-8-26-21/h1-5,8,15H,6-7,9-14,17H2. The number of pyridine rings is 1. The van der Waals surface area contributed by atoms with E-state index in [-0.39, 0.29) is 11.3 Å². The van der Waals surface area contributed by atoms with Crippen LogP contribution >= 0.6 is 0 Å². The van der Waals surface area contributed by atoms with Gasteiger partial charge in [0, 0.05) is 52.1 Å².